The fourth-order valence-corrected chi connectivity index (χ4v) is 4.26. The Morgan fingerprint density at radius 1 is 0.815 bits per heavy atom. The van der Waals surface area contributed by atoms with Crippen LogP contribution in [0.25, 0.3) is 0 Å². The van der Waals surface area contributed by atoms with Crippen molar-refractivity contribution in [3.05, 3.63) is 0 Å². The average Bonchev–Trinajstić information content (AvgIpc) is 2.61. The molecule has 0 radical (unpaired) electrons. The average molecular weight is 406 g/mol. The first-order chi connectivity index (χ1) is 12.8. The predicted octanol–water partition coefficient (Wildman–Crippen LogP) is 5.28. The number of unbranched alkanes of at least 4 members (excludes halogenated alkanes) is 13. The normalized spacial score (nSPS) is 14.2. The van der Waals surface area contributed by atoms with E-state index in [2.05, 4.69) is 6.92 Å². The molecule has 0 aromatic rings. The Kier molecular flexibility index (Phi) is 16.2. The zero-order valence-corrected chi connectivity index (χ0v) is 18.4. The van der Waals surface area contributed by atoms with Gasteiger partial charge in [-0.15, -0.1) is 0 Å². The van der Waals surface area contributed by atoms with Crippen molar-refractivity contribution in [3.63, 3.8) is 0 Å². The van der Waals surface area contributed by atoms with E-state index in [1.165, 1.54) is 70.6 Å². The van der Waals surface area contributed by atoms with Gasteiger partial charge in [0.1, 0.15) is 0 Å². The predicted molar refractivity (Wildman–Crippen MR) is 113 cm³/mol. The molecule has 0 heterocycles. The van der Waals surface area contributed by atoms with Gasteiger partial charge in [-0.3, -0.25) is 9.35 Å². The summed E-state index contributed by atoms with van der Waals surface area (Å²) in [5.41, 5.74) is 5.32. The number of carbonyl (C=O) groups is 1. The minimum Gasteiger partial charge on any atom is -0.329 e. The maximum Gasteiger partial charge on any atom is 0.276 e. The van der Waals surface area contributed by atoms with Crippen LogP contribution in [0.5, 0.6) is 0 Å². The molecular formula is C21H43NO4S. The number of hydrogen-bond donors (Lipinski definition) is 2. The van der Waals surface area contributed by atoms with Gasteiger partial charge in [-0.2, -0.15) is 8.42 Å². The van der Waals surface area contributed by atoms with Gasteiger partial charge in [-0.1, -0.05) is 104 Å². The maximum atomic E-state index is 12.1. The van der Waals surface area contributed by atoms with Crippen LogP contribution in [-0.2, 0) is 14.9 Å². The highest BCUT2D eigenvalue weighted by molar-refractivity contribution is 7.87. The van der Waals surface area contributed by atoms with Crippen LogP contribution in [-0.4, -0.2) is 30.5 Å². The number of Topliss-reactive ketones (excluding diaryl/α,β-unsaturated/α-hetero) is 1. The summed E-state index contributed by atoms with van der Waals surface area (Å²) < 4.78 is 31.4. The molecule has 0 rings (SSSR count). The lowest BCUT2D eigenvalue weighted by atomic mass is 9.96. The van der Waals surface area contributed by atoms with E-state index < -0.39 is 21.2 Å². The Labute approximate surface area is 167 Å². The Bertz CT molecular complexity index is 465. The molecule has 0 amide bonds. The van der Waals surface area contributed by atoms with Crippen molar-refractivity contribution in [1.82, 2.24) is 0 Å². The Balaban J connectivity index is 3.55. The van der Waals surface area contributed by atoms with E-state index in [1.54, 1.807) is 6.92 Å². The molecule has 0 aliphatic heterocycles. The van der Waals surface area contributed by atoms with E-state index in [4.69, 9.17) is 10.3 Å². The zero-order chi connectivity index (χ0) is 20.5. The van der Waals surface area contributed by atoms with Gasteiger partial charge in [-0.05, 0) is 6.42 Å². The molecule has 162 valence electrons. The van der Waals surface area contributed by atoms with Crippen LogP contribution in [0.4, 0.5) is 0 Å². The first kappa shape index (κ1) is 26.5. The molecule has 6 heteroatoms. The molecule has 0 fully saturated rings. The summed E-state index contributed by atoms with van der Waals surface area (Å²) in [4.78, 5) is 12.1. The van der Waals surface area contributed by atoms with Gasteiger partial charge in [0.2, 0.25) is 0 Å². The van der Waals surface area contributed by atoms with Crippen molar-refractivity contribution in [2.75, 3.05) is 6.54 Å². The van der Waals surface area contributed by atoms with E-state index in [1.807, 2.05) is 0 Å². The standard InChI is InChI=1S/C21H43NO4S/c1-3-4-5-6-7-8-9-10-11-12-13-14-15-16-17-19(2)21(23)20(18-22)27(24,25)26/h19-20H,3-18,22H2,1-2H3,(H,24,25,26). The first-order valence-corrected chi connectivity index (χ1v) is 12.5. The molecule has 0 aliphatic carbocycles. The molecule has 3 N–H and O–H groups in total. The smallest absolute Gasteiger partial charge is 0.276 e. The summed E-state index contributed by atoms with van der Waals surface area (Å²) in [6.07, 6.45) is 18.6. The molecule has 0 spiro atoms. The monoisotopic (exact) mass is 405 g/mol. The third kappa shape index (κ3) is 14.2. The van der Waals surface area contributed by atoms with Gasteiger partial charge in [0, 0.05) is 12.5 Å². The molecule has 0 saturated heterocycles. The third-order valence-corrected chi connectivity index (χ3v) is 6.51. The quantitative estimate of drug-likeness (QED) is 0.225. The summed E-state index contributed by atoms with van der Waals surface area (Å²) in [6, 6.07) is 0. The third-order valence-electron chi connectivity index (χ3n) is 5.37. The summed E-state index contributed by atoms with van der Waals surface area (Å²) in [5, 5.41) is -1.47. The molecule has 0 bridgehead atoms. The van der Waals surface area contributed by atoms with Gasteiger partial charge in [0.25, 0.3) is 10.1 Å². The first-order valence-electron chi connectivity index (χ1n) is 11.0. The van der Waals surface area contributed by atoms with E-state index in [9.17, 15) is 13.2 Å². The molecule has 5 nitrogen and oxygen atoms in total. The van der Waals surface area contributed by atoms with E-state index in [-0.39, 0.29) is 12.5 Å². The van der Waals surface area contributed by atoms with Crippen LogP contribution in [0.2, 0.25) is 0 Å². The number of rotatable bonds is 19. The number of hydrogen-bond acceptors (Lipinski definition) is 4. The van der Waals surface area contributed by atoms with Crippen molar-refractivity contribution < 1.29 is 17.8 Å². The highest BCUT2D eigenvalue weighted by atomic mass is 32.2. The molecule has 0 aromatic carbocycles. The highest BCUT2D eigenvalue weighted by Gasteiger charge is 2.32. The number of ketones is 1. The van der Waals surface area contributed by atoms with Crippen LogP contribution >= 0.6 is 0 Å². The van der Waals surface area contributed by atoms with Crippen LogP contribution in [0.3, 0.4) is 0 Å². The second kappa shape index (κ2) is 16.5. The van der Waals surface area contributed by atoms with Gasteiger partial charge in [-0.25, -0.2) is 0 Å². The lowest BCUT2D eigenvalue weighted by Crippen LogP contribution is -2.39. The lowest BCUT2D eigenvalue weighted by molar-refractivity contribution is -0.122. The molecule has 2 atom stereocenters. The fourth-order valence-electron chi connectivity index (χ4n) is 3.49. The van der Waals surface area contributed by atoms with Crippen LogP contribution in [0.1, 0.15) is 110 Å². The molecule has 27 heavy (non-hydrogen) atoms. The summed E-state index contributed by atoms with van der Waals surface area (Å²) in [5.74, 6) is -0.840. The van der Waals surface area contributed by atoms with Gasteiger partial charge in [0.15, 0.2) is 11.0 Å². The molecule has 0 aromatic heterocycles. The van der Waals surface area contributed by atoms with Crippen molar-refractivity contribution in [1.29, 1.82) is 0 Å². The van der Waals surface area contributed by atoms with Crippen molar-refractivity contribution in [2.24, 2.45) is 11.7 Å². The topological polar surface area (TPSA) is 97.5 Å². The summed E-state index contributed by atoms with van der Waals surface area (Å²) >= 11 is 0. The van der Waals surface area contributed by atoms with Crippen molar-refractivity contribution in [3.8, 4) is 0 Å². The minimum absolute atomic E-state index is 0.360. The second-order valence-electron chi connectivity index (χ2n) is 7.93. The summed E-state index contributed by atoms with van der Waals surface area (Å²) in [7, 11) is -4.39. The zero-order valence-electron chi connectivity index (χ0n) is 17.6. The van der Waals surface area contributed by atoms with Gasteiger partial charge in [0.05, 0.1) is 0 Å². The van der Waals surface area contributed by atoms with Crippen molar-refractivity contribution in [2.45, 2.75) is 115 Å². The highest BCUT2D eigenvalue weighted by Crippen LogP contribution is 2.17. The van der Waals surface area contributed by atoms with Crippen LogP contribution in [0, 0.1) is 5.92 Å². The van der Waals surface area contributed by atoms with Gasteiger partial charge >= 0.3 is 0 Å². The van der Waals surface area contributed by atoms with Gasteiger partial charge < -0.3 is 5.73 Å². The fraction of sp³-hybridized carbons (Fsp3) is 0.952. The van der Waals surface area contributed by atoms with E-state index in [0.29, 0.717) is 6.42 Å². The number of carbonyl (C=O) groups excluding carboxylic acids is 1. The largest absolute Gasteiger partial charge is 0.329 e. The Morgan fingerprint density at radius 3 is 1.52 bits per heavy atom. The number of nitrogens with two attached hydrogens (primary N) is 1. The SMILES string of the molecule is CCCCCCCCCCCCCCCCC(C)C(=O)C(CN)S(=O)(=O)O. The Morgan fingerprint density at radius 2 is 1.19 bits per heavy atom. The van der Waals surface area contributed by atoms with E-state index in [0.717, 1.165) is 19.3 Å². The Hall–Kier alpha value is -0.460. The van der Waals surface area contributed by atoms with Crippen molar-refractivity contribution >= 4 is 15.9 Å². The van der Waals surface area contributed by atoms with Crippen LogP contribution < -0.4 is 5.73 Å². The van der Waals surface area contributed by atoms with E-state index >= 15 is 0 Å². The summed E-state index contributed by atoms with van der Waals surface area (Å²) in [6.45, 7) is 3.61. The minimum atomic E-state index is -4.39. The molecule has 0 aliphatic rings. The maximum absolute atomic E-state index is 12.1. The molecular weight excluding hydrogens is 362 g/mol. The lowest BCUT2D eigenvalue weighted by Gasteiger charge is -2.16. The van der Waals surface area contributed by atoms with Crippen LogP contribution in [0.15, 0.2) is 0 Å². The molecule has 2 unspecified atom stereocenters. The molecule has 0 saturated carbocycles. The second-order valence-corrected chi connectivity index (χ2v) is 9.53.